The lowest BCUT2D eigenvalue weighted by atomic mass is 9.99. The Labute approximate surface area is 205 Å². The van der Waals surface area contributed by atoms with Crippen LogP contribution in [0.15, 0.2) is 72.9 Å². The molecule has 1 amide bonds. The maximum Gasteiger partial charge on any atom is 0.257 e. The molecule has 1 aliphatic heterocycles. The molecule has 0 saturated carbocycles. The standard InChI is InChI=1S/C27H24F4N4O/c1-27(30,31)16-32-23-13-25(36)35(26(23)17-6-8-20(28)9-7-17)21-10-11-24-19(12-21)14-33-34(24)15-18-4-2-3-5-22(18)29/h2-12,14,23,26,32H,13,15-16H2,1H3/t23-,26+/m1/s1. The van der Waals surface area contributed by atoms with Crippen LogP contribution >= 0.6 is 0 Å². The van der Waals surface area contributed by atoms with Crippen molar-refractivity contribution in [3.05, 3.63) is 95.7 Å². The van der Waals surface area contributed by atoms with Gasteiger partial charge in [-0.15, -0.1) is 0 Å². The quantitative estimate of drug-likeness (QED) is 0.346. The average molecular weight is 497 g/mol. The van der Waals surface area contributed by atoms with Crippen LogP contribution in [0.1, 0.15) is 30.5 Å². The number of carbonyl (C=O) groups is 1. The van der Waals surface area contributed by atoms with Crippen molar-refractivity contribution in [2.45, 2.75) is 37.9 Å². The number of hydrogen-bond donors (Lipinski definition) is 1. The van der Waals surface area contributed by atoms with Crippen LogP contribution in [-0.4, -0.2) is 34.2 Å². The summed E-state index contributed by atoms with van der Waals surface area (Å²) in [6.45, 7) is 0.472. The van der Waals surface area contributed by atoms with E-state index in [0.29, 0.717) is 16.8 Å². The van der Waals surface area contributed by atoms with Gasteiger partial charge in [-0.2, -0.15) is 5.10 Å². The summed E-state index contributed by atoms with van der Waals surface area (Å²) in [5, 5.41) is 7.96. The third kappa shape index (κ3) is 4.83. The van der Waals surface area contributed by atoms with Crippen LogP contribution in [0.2, 0.25) is 0 Å². The van der Waals surface area contributed by atoms with Crippen molar-refractivity contribution in [3.8, 4) is 0 Å². The third-order valence-electron chi connectivity index (χ3n) is 6.39. The molecular formula is C27H24F4N4O. The summed E-state index contributed by atoms with van der Waals surface area (Å²) in [7, 11) is 0. The van der Waals surface area contributed by atoms with Gasteiger partial charge < -0.3 is 10.2 Å². The Kier molecular flexibility index (Phi) is 6.26. The van der Waals surface area contributed by atoms with Gasteiger partial charge in [0.2, 0.25) is 5.91 Å². The van der Waals surface area contributed by atoms with Gasteiger partial charge in [-0.05, 0) is 42.0 Å². The molecule has 5 nitrogen and oxygen atoms in total. The van der Waals surface area contributed by atoms with Crippen molar-refractivity contribution in [3.63, 3.8) is 0 Å². The first kappa shape index (κ1) is 24.0. The predicted octanol–water partition coefficient (Wildman–Crippen LogP) is 5.45. The minimum absolute atomic E-state index is 0.0166. The zero-order valence-corrected chi connectivity index (χ0v) is 19.5. The molecule has 0 aliphatic carbocycles. The molecule has 1 fully saturated rings. The molecule has 36 heavy (non-hydrogen) atoms. The largest absolute Gasteiger partial charge is 0.305 e. The predicted molar refractivity (Wildman–Crippen MR) is 129 cm³/mol. The molecule has 1 N–H and O–H groups in total. The zero-order chi connectivity index (χ0) is 25.4. The van der Waals surface area contributed by atoms with Crippen LogP contribution in [-0.2, 0) is 11.3 Å². The number of nitrogens with zero attached hydrogens (tertiary/aromatic N) is 3. The van der Waals surface area contributed by atoms with Crippen LogP contribution in [0.4, 0.5) is 23.2 Å². The number of alkyl halides is 2. The Morgan fingerprint density at radius 2 is 1.81 bits per heavy atom. The molecule has 2 heterocycles. The molecule has 1 aromatic heterocycles. The smallest absolute Gasteiger partial charge is 0.257 e. The van der Waals surface area contributed by atoms with Gasteiger partial charge in [0.15, 0.2) is 0 Å². The molecule has 2 atom stereocenters. The summed E-state index contributed by atoms with van der Waals surface area (Å²) < 4.78 is 56.6. The summed E-state index contributed by atoms with van der Waals surface area (Å²) in [5.74, 6) is -3.93. The zero-order valence-electron chi connectivity index (χ0n) is 19.5. The van der Waals surface area contributed by atoms with Crippen molar-refractivity contribution in [2.75, 3.05) is 11.4 Å². The Hall–Kier alpha value is -3.72. The van der Waals surface area contributed by atoms with Gasteiger partial charge in [0.05, 0.1) is 30.8 Å². The number of amides is 1. The minimum Gasteiger partial charge on any atom is -0.305 e. The molecule has 9 heteroatoms. The van der Waals surface area contributed by atoms with E-state index in [2.05, 4.69) is 10.4 Å². The first-order valence-electron chi connectivity index (χ1n) is 11.6. The molecule has 5 rings (SSSR count). The van der Waals surface area contributed by atoms with Crippen LogP contribution < -0.4 is 10.2 Å². The molecule has 186 valence electrons. The number of nitrogens with one attached hydrogen (secondary N) is 1. The number of fused-ring (bicyclic) bond motifs is 1. The van der Waals surface area contributed by atoms with Crippen LogP contribution in [0.5, 0.6) is 0 Å². The molecule has 0 radical (unpaired) electrons. The fourth-order valence-electron chi connectivity index (χ4n) is 4.71. The third-order valence-corrected chi connectivity index (χ3v) is 6.39. The molecule has 1 saturated heterocycles. The highest BCUT2D eigenvalue weighted by atomic mass is 19.3. The van der Waals surface area contributed by atoms with E-state index in [1.54, 1.807) is 64.3 Å². The first-order valence-corrected chi connectivity index (χ1v) is 11.6. The number of anilines is 1. The van der Waals surface area contributed by atoms with Gasteiger partial charge in [-0.3, -0.25) is 9.48 Å². The monoisotopic (exact) mass is 496 g/mol. The Bertz CT molecular complexity index is 1400. The fraction of sp³-hybridized carbons (Fsp3) is 0.259. The molecule has 0 spiro atoms. The first-order chi connectivity index (χ1) is 17.2. The number of benzene rings is 3. The van der Waals surface area contributed by atoms with Crippen molar-refractivity contribution >= 4 is 22.5 Å². The van der Waals surface area contributed by atoms with E-state index in [4.69, 9.17) is 0 Å². The molecule has 4 aromatic rings. The van der Waals surface area contributed by atoms with Crippen molar-refractivity contribution in [1.29, 1.82) is 0 Å². The molecule has 0 bridgehead atoms. The second-order valence-corrected chi connectivity index (χ2v) is 9.16. The SMILES string of the molecule is CC(F)(F)CN[C@@H]1CC(=O)N(c2ccc3c(cnn3Cc3ccccc3F)c2)[C@H]1c1ccc(F)cc1. The highest BCUT2D eigenvalue weighted by Crippen LogP contribution is 2.39. The normalized spacial score (nSPS) is 18.4. The molecule has 1 aliphatic rings. The van der Waals surface area contributed by atoms with Gasteiger partial charge in [0.1, 0.15) is 11.6 Å². The van der Waals surface area contributed by atoms with E-state index in [0.717, 1.165) is 17.8 Å². The van der Waals surface area contributed by atoms with Crippen molar-refractivity contribution < 1.29 is 22.4 Å². The van der Waals surface area contributed by atoms with Gasteiger partial charge in [0, 0.05) is 36.0 Å². The summed E-state index contributed by atoms with van der Waals surface area (Å²) in [4.78, 5) is 14.7. The van der Waals surface area contributed by atoms with E-state index in [1.165, 1.54) is 18.2 Å². The number of aromatic nitrogens is 2. The number of carbonyl (C=O) groups excluding carboxylic acids is 1. The van der Waals surface area contributed by atoms with E-state index in [1.807, 2.05) is 0 Å². The summed E-state index contributed by atoms with van der Waals surface area (Å²) in [6.07, 6.45) is 1.66. The van der Waals surface area contributed by atoms with Crippen LogP contribution in [0.3, 0.4) is 0 Å². The highest BCUT2D eigenvalue weighted by molar-refractivity contribution is 5.99. The lowest BCUT2D eigenvalue weighted by Crippen LogP contribution is -2.41. The second-order valence-electron chi connectivity index (χ2n) is 9.16. The van der Waals surface area contributed by atoms with Crippen LogP contribution in [0.25, 0.3) is 10.9 Å². The van der Waals surface area contributed by atoms with Crippen molar-refractivity contribution in [2.24, 2.45) is 0 Å². The van der Waals surface area contributed by atoms with Crippen molar-refractivity contribution in [1.82, 2.24) is 15.1 Å². The van der Waals surface area contributed by atoms with E-state index < -0.39 is 30.4 Å². The van der Waals surface area contributed by atoms with E-state index >= 15 is 0 Å². The molecular weight excluding hydrogens is 472 g/mol. The second kappa shape index (κ2) is 9.39. The minimum atomic E-state index is -2.95. The molecule has 0 unspecified atom stereocenters. The van der Waals surface area contributed by atoms with E-state index in [-0.39, 0.29) is 24.7 Å². The summed E-state index contributed by atoms with van der Waals surface area (Å²) >= 11 is 0. The Morgan fingerprint density at radius 3 is 2.53 bits per heavy atom. The fourth-order valence-corrected chi connectivity index (χ4v) is 4.71. The number of halogens is 4. The Morgan fingerprint density at radius 1 is 1.06 bits per heavy atom. The number of rotatable bonds is 7. The van der Waals surface area contributed by atoms with Gasteiger partial charge >= 0.3 is 0 Å². The maximum absolute atomic E-state index is 14.1. The van der Waals surface area contributed by atoms with Gasteiger partial charge in [-0.1, -0.05) is 30.3 Å². The number of hydrogen-bond acceptors (Lipinski definition) is 3. The highest BCUT2D eigenvalue weighted by Gasteiger charge is 2.42. The maximum atomic E-state index is 14.1. The van der Waals surface area contributed by atoms with Crippen LogP contribution in [0, 0.1) is 11.6 Å². The lowest BCUT2D eigenvalue weighted by molar-refractivity contribution is -0.117. The Balaban J connectivity index is 1.49. The summed E-state index contributed by atoms with van der Waals surface area (Å²) in [6, 6.07) is 16.3. The van der Waals surface area contributed by atoms with Gasteiger partial charge in [-0.25, -0.2) is 17.6 Å². The molecule has 3 aromatic carbocycles. The van der Waals surface area contributed by atoms with E-state index in [9.17, 15) is 22.4 Å². The topological polar surface area (TPSA) is 50.2 Å². The van der Waals surface area contributed by atoms with Gasteiger partial charge in [0.25, 0.3) is 5.92 Å². The lowest BCUT2D eigenvalue weighted by Gasteiger charge is -2.30. The summed E-state index contributed by atoms with van der Waals surface area (Å²) in [5.41, 5.74) is 2.46. The average Bonchev–Trinajstić information content (AvgIpc) is 3.39.